The van der Waals surface area contributed by atoms with Crippen molar-refractivity contribution in [1.82, 2.24) is 14.3 Å². The first-order valence-corrected chi connectivity index (χ1v) is 15.5. The molecule has 0 radical (unpaired) electrons. The highest BCUT2D eigenvalue weighted by atomic mass is 32.2. The predicted octanol–water partition coefficient (Wildman–Crippen LogP) is 3.84. The summed E-state index contributed by atoms with van der Waals surface area (Å²) in [4.78, 5) is 25.3. The second-order valence-electron chi connectivity index (χ2n) is 12.3. The molecule has 1 aromatic carbocycles. The van der Waals surface area contributed by atoms with Gasteiger partial charge >= 0.3 is 0 Å². The van der Waals surface area contributed by atoms with E-state index in [-0.39, 0.29) is 41.6 Å². The van der Waals surface area contributed by atoms with Crippen molar-refractivity contribution in [3.63, 3.8) is 0 Å². The SMILES string of the molecule is CC1CN(c2nc(-c3ccccc3)nc3c2CN(S(=O)(=O)CC24CCC(CC2=O)C4(C)C)CC3)CC(C)O1. The smallest absolute Gasteiger partial charge is 0.215 e. The van der Waals surface area contributed by atoms with Gasteiger partial charge in [0.2, 0.25) is 10.0 Å². The van der Waals surface area contributed by atoms with Gasteiger partial charge in [0.1, 0.15) is 11.6 Å². The number of benzene rings is 1. The van der Waals surface area contributed by atoms with Gasteiger partial charge in [0.25, 0.3) is 0 Å². The molecule has 6 rings (SSSR count). The third-order valence-corrected chi connectivity index (χ3v) is 11.7. The van der Waals surface area contributed by atoms with Gasteiger partial charge in [-0.15, -0.1) is 0 Å². The number of ketones is 1. The lowest BCUT2D eigenvalue weighted by atomic mass is 9.70. The molecule has 2 aliphatic heterocycles. The number of rotatable bonds is 5. The molecule has 2 aliphatic carbocycles. The third kappa shape index (κ3) is 4.09. The van der Waals surface area contributed by atoms with E-state index in [4.69, 9.17) is 14.7 Å². The minimum atomic E-state index is -3.67. The number of carbonyl (C=O) groups excluding carboxylic acids is 1. The van der Waals surface area contributed by atoms with Crippen LogP contribution in [0.25, 0.3) is 11.4 Å². The van der Waals surface area contributed by atoms with Crippen LogP contribution in [0.2, 0.25) is 0 Å². The van der Waals surface area contributed by atoms with Gasteiger partial charge < -0.3 is 9.64 Å². The van der Waals surface area contributed by atoms with Gasteiger partial charge in [-0.05, 0) is 38.0 Å². The maximum atomic E-state index is 13.9. The number of sulfonamides is 1. The van der Waals surface area contributed by atoms with Gasteiger partial charge in [-0.2, -0.15) is 4.31 Å². The number of Topliss-reactive ketones (excluding diaryl/α,β-unsaturated/α-hetero) is 1. The lowest BCUT2D eigenvalue weighted by Crippen LogP contribution is -2.49. The zero-order chi connectivity index (χ0) is 26.9. The molecule has 1 aromatic heterocycles. The van der Waals surface area contributed by atoms with E-state index in [1.54, 1.807) is 4.31 Å². The van der Waals surface area contributed by atoms with Crippen molar-refractivity contribution in [3.8, 4) is 11.4 Å². The highest BCUT2D eigenvalue weighted by Gasteiger charge is 2.65. The number of fused-ring (bicyclic) bond motifs is 3. The Kier molecular flexibility index (Phi) is 6.20. The third-order valence-electron chi connectivity index (χ3n) is 9.72. The zero-order valence-corrected chi connectivity index (χ0v) is 23.6. The van der Waals surface area contributed by atoms with Crippen molar-refractivity contribution in [3.05, 3.63) is 41.6 Å². The molecule has 0 spiro atoms. The fourth-order valence-electron chi connectivity index (χ4n) is 7.45. The molecule has 38 heavy (non-hydrogen) atoms. The van der Waals surface area contributed by atoms with Gasteiger partial charge in [-0.3, -0.25) is 4.79 Å². The van der Waals surface area contributed by atoms with Crippen LogP contribution in [0.3, 0.4) is 0 Å². The average molecular weight is 539 g/mol. The molecule has 4 unspecified atom stereocenters. The molecule has 8 nitrogen and oxygen atoms in total. The molecule has 0 N–H and O–H groups in total. The largest absolute Gasteiger partial charge is 0.372 e. The van der Waals surface area contributed by atoms with E-state index in [1.807, 2.05) is 30.3 Å². The summed E-state index contributed by atoms with van der Waals surface area (Å²) in [7, 11) is -3.67. The molecule has 2 bridgehead atoms. The summed E-state index contributed by atoms with van der Waals surface area (Å²) < 4.78 is 35.5. The maximum Gasteiger partial charge on any atom is 0.215 e. The Hall–Kier alpha value is -2.36. The van der Waals surface area contributed by atoms with E-state index in [0.717, 1.165) is 29.1 Å². The molecule has 3 heterocycles. The van der Waals surface area contributed by atoms with Crippen LogP contribution in [-0.2, 0) is 32.5 Å². The van der Waals surface area contributed by atoms with Crippen LogP contribution >= 0.6 is 0 Å². The number of nitrogens with zero attached hydrogens (tertiary/aromatic N) is 4. The molecule has 0 amide bonds. The van der Waals surface area contributed by atoms with Gasteiger partial charge in [0.15, 0.2) is 5.82 Å². The van der Waals surface area contributed by atoms with Gasteiger partial charge in [0, 0.05) is 55.6 Å². The Morgan fingerprint density at radius 3 is 2.42 bits per heavy atom. The Morgan fingerprint density at radius 2 is 1.79 bits per heavy atom. The lowest BCUT2D eigenvalue weighted by molar-refractivity contribution is -0.128. The number of hydrogen-bond acceptors (Lipinski definition) is 7. The molecule has 2 saturated carbocycles. The number of anilines is 1. The predicted molar refractivity (Wildman–Crippen MR) is 146 cm³/mol. The van der Waals surface area contributed by atoms with Crippen molar-refractivity contribution in [1.29, 1.82) is 0 Å². The molecular formula is C29H38N4O4S. The maximum absolute atomic E-state index is 13.9. The average Bonchev–Trinajstić information content (AvgIpc) is 3.22. The van der Waals surface area contributed by atoms with Crippen LogP contribution in [0.5, 0.6) is 0 Å². The second kappa shape index (κ2) is 9.10. The number of aromatic nitrogens is 2. The molecular weight excluding hydrogens is 500 g/mol. The quantitative estimate of drug-likeness (QED) is 0.571. The van der Waals surface area contributed by atoms with Crippen LogP contribution in [0.1, 0.15) is 58.2 Å². The van der Waals surface area contributed by atoms with Crippen molar-refractivity contribution in [2.24, 2.45) is 16.7 Å². The first-order valence-electron chi connectivity index (χ1n) is 13.9. The first kappa shape index (κ1) is 25.9. The zero-order valence-electron chi connectivity index (χ0n) is 22.8. The highest BCUT2D eigenvalue weighted by Crippen LogP contribution is 2.64. The van der Waals surface area contributed by atoms with Crippen LogP contribution in [0, 0.1) is 16.7 Å². The summed E-state index contributed by atoms with van der Waals surface area (Å²) in [6, 6.07) is 9.93. The molecule has 4 atom stereocenters. The van der Waals surface area contributed by atoms with Crippen LogP contribution in [0.15, 0.2) is 30.3 Å². The summed E-state index contributed by atoms with van der Waals surface area (Å²) in [6.45, 7) is 10.3. The van der Waals surface area contributed by atoms with Crippen LogP contribution in [-0.4, -0.2) is 66.1 Å². The number of carbonyl (C=O) groups is 1. The molecule has 204 valence electrons. The molecule has 9 heteroatoms. The lowest BCUT2D eigenvalue weighted by Gasteiger charge is -2.40. The van der Waals surface area contributed by atoms with Crippen molar-refractivity contribution in [2.45, 2.75) is 72.1 Å². The van der Waals surface area contributed by atoms with Crippen molar-refractivity contribution in [2.75, 3.05) is 30.3 Å². The summed E-state index contributed by atoms with van der Waals surface area (Å²) in [6.07, 6.45) is 2.72. The van der Waals surface area contributed by atoms with Gasteiger partial charge in [-0.1, -0.05) is 44.2 Å². The van der Waals surface area contributed by atoms with E-state index in [1.165, 1.54) is 0 Å². The summed E-state index contributed by atoms with van der Waals surface area (Å²) in [5.41, 5.74) is 1.66. The second-order valence-corrected chi connectivity index (χ2v) is 14.3. The molecule has 1 saturated heterocycles. The Balaban J connectivity index is 1.36. The Bertz CT molecular complexity index is 1350. The van der Waals surface area contributed by atoms with E-state index in [2.05, 4.69) is 32.6 Å². The van der Waals surface area contributed by atoms with Crippen LogP contribution < -0.4 is 4.90 Å². The van der Waals surface area contributed by atoms with E-state index in [0.29, 0.717) is 44.7 Å². The van der Waals surface area contributed by atoms with Crippen molar-refractivity contribution >= 4 is 21.6 Å². The number of hydrogen-bond donors (Lipinski definition) is 0. The summed E-state index contributed by atoms with van der Waals surface area (Å²) >= 11 is 0. The van der Waals surface area contributed by atoms with Crippen molar-refractivity contribution < 1.29 is 17.9 Å². The number of ether oxygens (including phenoxy) is 1. The Morgan fingerprint density at radius 1 is 1.08 bits per heavy atom. The normalized spacial score (nSPS) is 31.0. The van der Waals surface area contributed by atoms with E-state index in [9.17, 15) is 13.2 Å². The summed E-state index contributed by atoms with van der Waals surface area (Å²) in [5.74, 6) is 1.78. The van der Waals surface area contributed by atoms with E-state index < -0.39 is 15.4 Å². The fraction of sp³-hybridized carbons (Fsp3) is 0.621. The minimum absolute atomic E-state index is 0.0398. The number of morpholine rings is 1. The van der Waals surface area contributed by atoms with Gasteiger partial charge in [-0.25, -0.2) is 18.4 Å². The Labute approximate surface area is 225 Å². The van der Waals surface area contributed by atoms with E-state index >= 15 is 0 Å². The summed E-state index contributed by atoms with van der Waals surface area (Å²) in [5, 5.41) is 0. The van der Waals surface area contributed by atoms with Gasteiger partial charge in [0.05, 0.1) is 23.7 Å². The highest BCUT2D eigenvalue weighted by molar-refractivity contribution is 7.89. The molecule has 3 fully saturated rings. The minimum Gasteiger partial charge on any atom is -0.372 e. The van der Waals surface area contributed by atoms with Crippen LogP contribution in [0.4, 0.5) is 5.82 Å². The first-order chi connectivity index (χ1) is 18.0. The standard InChI is InChI=1S/C29H38N4O4S/c1-19-15-32(16-20(2)37-19)27-23-17-33(13-11-24(23)30-26(31-27)21-8-6-5-7-9-21)38(35,36)18-29-12-10-22(14-25(29)34)28(29,3)4/h5-9,19-20,22H,10-18H2,1-4H3. The topological polar surface area (TPSA) is 92.7 Å². The molecule has 2 aromatic rings. The monoisotopic (exact) mass is 538 g/mol. The fourth-order valence-corrected chi connectivity index (χ4v) is 9.63. The molecule has 4 aliphatic rings.